The van der Waals surface area contributed by atoms with Crippen molar-refractivity contribution in [1.82, 2.24) is 20.3 Å². The van der Waals surface area contributed by atoms with Gasteiger partial charge in [-0.25, -0.2) is 15.6 Å². The minimum absolute atomic E-state index is 0.0362. The molecule has 3 aliphatic rings. The fraction of sp³-hybridized carbons (Fsp3) is 0.727. The van der Waals surface area contributed by atoms with Crippen molar-refractivity contribution >= 4 is 28.2 Å². The molecule has 4 N–H and O–H groups in total. The summed E-state index contributed by atoms with van der Waals surface area (Å²) in [5, 5.41) is 3.86. The lowest BCUT2D eigenvalue weighted by atomic mass is 9.99. The molecule has 3 rings (SSSR count). The number of nitrogens with zero attached hydrogens (tertiary/aromatic N) is 3. The van der Waals surface area contributed by atoms with Gasteiger partial charge in [-0.1, -0.05) is 0 Å². The molecule has 3 fully saturated rings. The van der Waals surface area contributed by atoms with Gasteiger partial charge in [0.1, 0.15) is 6.04 Å². The van der Waals surface area contributed by atoms with Gasteiger partial charge in [-0.15, -0.1) is 4.28 Å². The Bertz CT molecular complexity index is 678. The monoisotopic (exact) mass is 363 g/mol. The van der Waals surface area contributed by atoms with Crippen LogP contribution in [0.25, 0.3) is 0 Å². The van der Waals surface area contributed by atoms with E-state index in [1.165, 1.54) is 0 Å². The molecule has 3 atom stereocenters. The number of amides is 4. The van der Waals surface area contributed by atoms with Crippen LogP contribution in [0.15, 0.2) is 0 Å². The topological polar surface area (TPSA) is 163 Å². The van der Waals surface area contributed by atoms with Crippen LogP contribution in [0.1, 0.15) is 19.3 Å². The van der Waals surface area contributed by atoms with Crippen LogP contribution < -0.4 is 11.2 Å². The number of carbonyl (C=O) groups excluding carboxylic acids is 3. The van der Waals surface area contributed by atoms with Gasteiger partial charge in [-0.05, 0) is 25.8 Å². The number of carbonyl (C=O) groups is 3. The number of hydrogen-bond acceptors (Lipinski definition) is 8. The van der Waals surface area contributed by atoms with Crippen molar-refractivity contribution in [2.75, 3.05) is 13.1 Å². The molecule has 0 aromatic heterocycles. The first-order chi connectivity index (χ1) is 11.2. The van der Waals surface area contributed by atoms with Crippen LogP contribution in [0.3, 0.4) is 0 Å². The van der Waals surface area contributed by atoms with E-state index in [1.807, 2.05) is 0 Å². The van der Waals surface area contributed by atoms with E-state index in [-0.39, 0.29) is 19.4 Å². The Hall–Kier alpha value is -1.80. The molecule has 24 heavy (non-hydrogen) atoms. The number of fused-ring (bicyclic) bond motifs is 2. The number of hydrogen-bond donors (Lipinski definition) is 3. The number of urea groups is 1. The third-order valence-corrected chi connectivity index (χ3v) is 4.73. The second-order valence-corrected chi connectivity index (χ2v) is 6.86. The van der Waals surface area contributed by atoms with Crippen molar-refractivity contribution in [3.05, 3.63) is 0 Å². The minimum atomic E-state index is -4.86. The molecular formula is C11H17N5O7S. The van der Waals surface area contributed by atoms with E-state index in [0.29, 0.717) is 23.0 Å². The van der Waals surface area contributed by atoms with Gasteiger partial charge in [0.05, 0.1) is 12.1 Å². The molecule has 0 aromatic rings. The maximum atomic E-state index is 12.4. The number of rotatable bonds is 4. The van der Waals surface area contributed by atoms with Crippen LogP contribution in [0.2, 0.25) is 0 Å². The summed E-state index contributed by atoms with van der Waals surface area (Å²) in [5.74, 6) is 4.27. The van der Waals surface area contributed by atoms with Crippen molar-refractivity contribution < 1.29 is 31.6 Å². The molecule has 3 aliphatic heterocycles. The Morgan fingerprint density at radius 2 is 1.96 bits per heavy atom. The zero-order valence-electron chi connectivity index (χ0n) is 12.5. The van der Waals surface area contributed by atoms with Crippen LogP contribution in [0.4, 0.5) is 4.79 Å². The Morgan fingerprint density at radius 3 is 2.50 bits per heavy atom. The van der Waals surface area contributed by atoms with Crippen molar-refractivity contribution in [2.24, 2.45) is 5.84 Å². The summed E-state index contributed by atoms with van der Waals surface area (Å²) >= 11 is 0. The molecule has 0 spiro atoms. The highest BCUT2D eigenvalue weighted by atomic mass is 32.3. The number of imide groups is 1. The van der Waals surface area contributed by atoms with Crippen LogP contribution in [-0.4, -0.2) is 77.0 Å². The average molecular weight is 363 g/mol. The summed E-state index contributed by atoms with van der Waals surface area (Å²) in [4.78, 5) is 37.8. The SMILES string of the molecule is NN(C(=O)C1CCN1)C(=O)C1CCC2CN1C(=O)N2OS(=O)(=O)O. The molecule has 2 bridgehead atoms. The molecule has 13 heteroatoms. The molecule has 3 saturated heterocycles. The zero-order valence-corrected chi connectivity index (χ0v) is 13.3. The van der Waals surface area contributed by atoms with Gasteiger partial charge in [-0.2, -0.15) is 13.5 Å². The Kier molecular flexibility index (Phi) is 4.21. The normalized spacial score (nSPS) is 29.4. The molecule has 0 aromatic carbocycles. The van der Waals surface area contributed by atoms with E-state index in [9.17, 15) is 22.8 Å². The summed E-state index contributed by atoms with van der Waals surface area (Å²) in [5.41, 5.74) is 0. The lowest BCUT2D eigenvalue weighted by molar-refractivity contribution is -0.150. The Balaban J connectivity index is 1.71. The smallest absolute Gasteiger partial charge is 0.309 e. The molecular weight excluding hydrogens is 346 g/mol. The predicted octanol–water partition coefficient (Wildman–Crippen LogP) is -2.42. The summed E-state index contributed by atoms with van der Waals surface area (Å²) in [6.45, 7) is 0.699. The number of nitrogens with one attached hydrogen (secondary N) is 1. The molecule has 0 radical (unpaired) electrons. The van der Waals surface area contributed by atoms with E-state index in [4.69, 9.17) is 10.4 Å². The van der Waals surface area contributed by atoms with Gasteiger partial charge in [0.2, 0.25) is 0 Å². The van der Waals surface area contributed by atoms with Gasteiger partial charge < -0.3 is 10.2 Å². The second-order valence-electron chi connectivity index (χ2n) is 5.85. The third kappa shape index (κ3) is 2.95. The largest absolute Gasteiger partial charge is 0.418 e. The first-order valence-electron chi connectivity index (χ1n) is 7.32. The first kappa shape index (κ1) is 17.0. The van der Waals surface area contributed by atoms with E-state index in [0.717, 1.165) is 4.90 Å². The van der Waals surface area contributed by atoms with Crippen LogP contribution in [-0.2, 0) is 24.3 Å². The molecule has 0 saturated carbocycles. The number of piperidine rings is 1. The summed E-state index contributed by atoms with van der Waals surface area (Å²) in [6, 6.07) is -2.99. The quantitative estimate of drug-likeness (QED) is 0.162. The summed E-state index contributed by atoms with van der Waals surface area (Å²) in [7, 11) is -4.86. The lowest BCUT2D eigenvalue weighted by Crippen LogP contribution is -2.61. The molecule has 12 nitrogen and oxygen atoms in total. The van der Waals surface area contributed by atoms with Gasteiger partial charge in [0.25, 0.3) is 11.8 Å². The van der Waals surface area contributed by atoms with Gasteiger partial charge in [0.15, 0.2) is 0 Å². The highest BCUT2D eigenvalue weighted by Crippen LogP contribution is 2.31. The van der Waals surface area contributed by atoms with E-state index >= 15 is 0 Å². The van der Waals surface area contributed by atoms with Gasteiger partial charge in [-0.3, -0.25) is 14.1 Å². The summed E-state index contributed by atoms with van der Waals surface area (Å²) < 4.78 is 34.6. The van der Waals surface area contributed by atoms with Crippen LogP contribution in [0, 0.1) is 0 Å². The molecule has 3 heterocycles. The number of hydroxylamine groups is 2. The second kappa shape index (κ2) is 5.93. The lowest BCUT2D eigenvalue weighted by Gasteiger charge is -2.34. The fourth-order valence-corrected chi connectivity index (χ4v) is 3.41. The molecule has 134 valence electrons. The minimum Gasteiger partial charge on any atom is -0.309 e. The molecule has 3 unspecified atom stereocenters. The number of nitrogens with two attached hydrogens (primary N) is 1. The standard InChI is InChI=1S/C11H17N5O7S/c12-15(9(17)7-3-4-13-7)10(18)8-2-1-6-5-14(8)11(19)16(6)23-24(20,21)22/h6-8,13H,1-5,12H2,(H,20,21,22). The maximum absolute atomic E-state index is 12.4. The van der Waals surface area contributed by atoms with Crippen LogP contribution in [0.5, 0.6) is 0 Å². The molecule has 0 aliphatic carbocycles. The van der Waals surface area contributed by atoms with Crippen molar-refractivity contribution in [1.29, 1.82) is 0 Å². The Labute approximate surface area is 137 Å². The predicted molar refractivity (Wildman–Crippen MR) is 75.8 cm³/mol. The Morgan fingerprint density at radius 1 is 1.29 bits per heavy atom. The van der Waals surface area contributed by atoms with E-state index < -0.39 is 46.4 Å². The van der Waals surface area contributed by atoms with E-state index in [2.05, 4.69) is 9.60 Å². The fourth-order valence-electron chi connectivity index (χ4n) is 3.02. The van der Waals surface area contributed by atoms with Crippen molar-refractivity contribution in [3.63, 3.8) is 0 Å². The van der Waals surface area contributed by atoms with Crippen molar-refractivity contribution in [3.8, 4) is 0 Å². The van der Waals surface area contributed by atoms with Gasteiger partial charge in [0, 0.05) is 6.54 Å². The third-order valence-electron chi connectivity index (χ3n) is 4.38. The highest BCUT2D eigenvalue weighted by molar-refractivity contribution is 7.80. The van der Waals surface area contributed by atoms with Crippen LogP contribution >= 0.6 is 0 Å². The first-order valence-corrected chi connectivity index (χ1v) is 8.68. The van der Waals surface area contributed by atoms with Crippen molar-refractivity contribution in [2.45, 2.75) is 37.4 Å². The molecule has 4 amide bonds. The zero-order chi connectivity index (χ0) is 17.6. The number of hydrazine groups is 1. The average Bonchev–Trinajstić information content (AvgIpc) is 2.68. The van der Waals surface area contributed by atoms with E-state index in [1.54, 1.807) is 0 Å². The van der Waals surface area contributed by atoms with Gasteiger partial charge >= 0.3 is 16.4 Å². The maximum Gasteiger partial charge on any atom is 0.418 e. The summed E-state index contributed by atoms with van der Waals surface area (Å²) in [6.07, 6.45) is 1.03. The highest BCUT2D eigenvalue weighted by Gasteiger charge is 2.50.